The molecule has 3 N–H and O–H groups in total. The third kappa shape index (κ3) is 2.57. The van der Waals surface area contributed by atoms with Crippen LogP contribution in [0.15, 0.2) is 18.2 Å². The van der Waals surface area contributed by atoms with E-state index in [1.807, 2.05) is 19.9 Å². The number of aromatic nitrogens is 2. The van der Waals surface area contributed by atoms with Crippen LogP contribution >= 0.6 is 0 Å². The number of nitrogen functional groups attached to an aromatic ring is 1. The quantitative estimate of drug-likeness (QED) is 0.897. The summed E-state index contributed by atoms with van der Waals surface area (Å²) in [5, 5.41) is 16.5. The number of aryl methyl sites for hydroxylation is 2. The van der Waals surface area contributed by atoms with Gasteiger partial charge in [-0.15, -0.1) is 0 Å². The predicted octanol–water partition coefficient (Wildman–Crippen LogP) is 2.94. The van der Waals surface area contributed by atoms with Gasteiger partial charge in [-0.25, -0.2) is 9.07 Å². The van der Waals surface area contributed by atoms with E-state index < -0.39 is 5.82 Å². The summed E-state index contributed by atoms with van der Waals surface area (Å²) in [6.07, 6.45) is 0.907. The van der Waals surface area contributed by atoms with Gasteiger partial charge < -0.3 is 11.1 Å². The first-order valence-electron chi connectivity index (χ1n) is 6.36. The number of hydrogen-bond acceptors (Lipinski definition) is 4. The van der Waals surface area contributed by atoms with Crippen LogP contribution in [0, 0.1) is 24.1 Å². The number of rotatable bonds is 4. The van der Waals surface area contributed by atoms with Gasteiger partial charge in [0, 0.05) is 6.54 Å². The fourth-order valence-corrected chi connectivity index (χ4v) is 1.95. The molecule has 20 heavy (non-hydrogen) atoms. The molecule has 104 valence electrons. The molecule has 0 amide bonds. The van der Waals surface area contributed by atoms with Gasteiger partial charge in [0.1, 0.15) is 11.9 Å². The number of hydrogen-bond donors (Lipinski definition) is 2. The summed E-state index contributed by atoms with van der Waals surface area (Å²) in [5.41, 5.74) is 8.00. The maximum atomic E-state index is 13.1. The summed E-state index contributed by atoms with van der Waals surface area (Å²) >= 11 is 0. The first-order chi connectivity index (χ1) is 9.56. The van der Waals surface area contributed by atoms with Crippen molar-refractivity contribution < 1.29 is 4.39 Å². The van der Waals surface area contributed by atoms with Crippen molar-refractivity contribution in [2.45, 2.75) is 26.8 Å². The van der Waals surface area contributed by atoms with Crippen LogP contribution in [-0.4, -0.2) is 9.78 Å². The Morgan fingerprint density at radius 2 is 2.25 bits per heavy atom. The zero-order valence-electron chi connectivity index (χ0n) is 11.4. The number of anilines is 3. The fraction of sp³-hybridized carbons (Fsp3) is 0.286. The fourth-order valence-electron chi connectivity index (χ4n) is 1.95. The predicted molar refractivity (Wildman–Crippen MR) is 76.1 cm³/mol. The Morgan fingerprint density at radius 1 is 1.50 bits per heavy atom. The van der Waals surface area contributed by atoms with Crippen molar-refractivity contribution in [3.63, 3.8) is 0 Å². The maximum absolute atomic E-state index is 13.1. The summed E-state index contributed by atoms with van der Waals surface area (Å²) in [6, 6.07) is 5.97. The van der Waals surface area contributed by atoms with Crippen LogP contribution in [0.25, 0.3) is 0 Å². The molecule has 0 bridgehead atoms. The minimum atomic E-state index is -0.446. The van der Waals surface area contributed by atoms with Gasteiger partial charge in [-0.05, 0) is 31.5 Å². The molecule has 1 aromatic heterocycles. The second-order valence-corrected chi connectivity index (χ2v) is 4.50. The Hall–Kier alpha value is -2.55. The van der Waals surface area contributed by atoms with E-state index >= 15 is 0 Å². The first-order valence-corrected chi connectivity index (χ1v) is 6.36. The molecule has 0 aliphatic heterocycles. The molecule has 0 saturated heterocycles. The van der Waals surface area contributed by atoms with E-state index in [-0.39, 0.29) is 5.56 Å². The molecule has 0 spiro atoms. The van der Waals surface area contributed by atoms with E-state index in [0.29, 0.717) is 23.7 Å². The van der Waals surface area contributed by atoms with Gasteiger partial charge in [0.05, 0.1) is 22.6 Å². The third-order valence-electron chi connectivity index (χ3n) is 2.96. The number of nitrogens with one attached hydrogen (secondary N) is 1. The number of halogens is 1. The monoisotopic (exact) mass is 273 g/mol. The average molecular weight is 273 g/mol. The molecule has 2 rings (SSSR count). The van der Waals surface area contributed by atoms with E-state index in [1.54, 1.807) is 4.68 Å². The Balaban J connectivity index is 2.42. The van der Waals surface area contributed by atoms with Crippen molar-refractivity contribution in [2.24, 2.45) is 0 Å². The topological polar surface area (TPSA) is 79.7 Å². The highest BCUT2D eigenvalue weighted by Gasteiger charge is 2.14. The van der Waals surface area contributed by atoms with Crippen LogP contribution in [0.3, 0.4) is 0 Å². The molecule has 0 atom stereocenters. The van der Waals surface area contributed by atoms with Gasteiger partial charge in [0.2, 0.25) is 0 Å². The molecular weight excluding hydrogens is 257 g/mol. The lowest BCUT2D eigenvalue weighted by molar-refractivity contribution is 0.605. The van der Waals surface area contributed by atoms with E-state index in [9.17, 15) is 4.39 Å². The van der Waals surface area contributed by atoms with Gasteiger partial charge in [-0.1, -0.05) is 6.92 Å². The lowest BCUT2D eigenvalue weighted by atomic mass is 10.2. The molecule has 0 fully saturated rings. The number of nitriles is 1. The Morgan fingerprint density at radius 3 is 2.90 bits per heavy atom. The van der Waals surface area contributed by atoms with Crippen molar-refractivity contribution in [1.82, 2.24) is 9.78 Å². The van der Waals surface area contributed by atoms with Gasteiger partial charge in [-0.3, -0.25) is 0 Å². The lowest BCUT2D eigenvalue weighted by Gasteiger charge is -2.11. The smallest absolute Gasteiger partial charge is 0.152 e. The number of nitrogens with two attached hydrogens (primary N) is 1. The maximum Gasteiger partial charge on any atom is 0.152 e. The molecule has 1 heterocycles. The molecule has 5 nitrogen and oxygen atoms in total. The van der Waals surface area contributed by atoms with Crippen LogP contribution in [-0.2, 0) is 6.54 Å². The van der Waals surface area contributed by atoms with Crippen molar-refractivity contribution in [3.05, 3.63) is 35.3 Å². The standard InChI is InChI=1S/C14H16FN5/c1-3-6-20-14(13(17)9(2)19-20)18-12-5-4-11(15)7-10(12)8-16/h4-5,7,18H,3,6,17H2,1-2H3. The van der Waals surface area contributed by atoms with Crippen LogP contribution in [0.5, 0.6) is 0 Å². The highest BCUT2D eigenvalue weighted by Crippen LogP contribution is 2.28. The van der Waals surface area contributed by atoms with Crippen molar-refractivity contribution in [2.75, 3.05) is 11.1 Å². The minimum absolute atomic E-state index is 0.228. The minimum Gasteiger partial charge on any atom is -0.394 e. The molecule has 0 aliphatic rings. The van der Waals surface area contributed by atoms with Crippen molar-refractivity contribution in [1.29, 1.82) is 5.26 Å². The SMILES string of the molecule is CCCn1nc(C)c(N)c1Nc1ccc(F)cc1C#N. The van der Waals surface area contributed by atoms with Crippen LogP contribution < -0.4 is 11.1 Å². The van der Waals surface area contributed by atoms with E-state index in [4.69, 9.17) is 11.0 Å². The molecule has 0 saturated carbocycles. The second kappa shape index (κ2) is 5.61. The molecule has 6 heteroatoms. The van der Waals surface area contributed by atoms with Crippen LogP contribution in [0.2, 0.25) is 0 Å². The Bertz CT molecular complexity index is 669. The van der Waals surface area contributed by atoms with Crippen molar-refractivity contribution in [3.8, 4) is 6.07 Å². The molecule has 0 unspecified atom stereocenters. The summed E-state index contributed by atoms with van der Waals surface area (Å²) in [7, 11) is 0. The zero-order chi connectivity index (χ0) is 14.7. The summed E-state index contributed by atoms with van der Waals surface area (Å²) in [6.45, 7) is 4.57. The Labute approximate surface area is 116 Å². The van der Waals surface area contributed by atoms with Gasteiger partial charge >= 0.3 is 0 Å². The van der Waals surface area contributed by atoms with Gasteiger partial charge in [0.25, 0.3) is 0 Å². The molecule has 2 aromatic rings. The Kier molecular flexibility index (Phi) is 3.89. The van der Waals surface area contributed by atoms with E-state index in [0.717, 1.165) is 12.1 Å². The third-order valence-corrected chi connectivity index (χ3v) is 2.96. The molecular formula is C14H16FN5. The largest absolute Gasteiger partial charge is 0.394 e. The molecule has 1 aromatic carbocycles. The zero-order valence-corrected chi connectivity index (χ0v) is 11.4. The normalized spacial score (nSPS) is 10.3. The molecule has 0 radical (unpaired) electrons. The van der Waals surface area contributed by atoms with E-state index in [1.165, 1.54) is 18.2 Å². The van der Waals surface area contributed by atoms with Crippen LogP contribution in [0.4, 0.5) is 21.6 Å². The number of nitrogens with zero attached hydrogens (tertiary/aromatic N) is 3. The lowest BCUT2D eigenvalue weighted by Crippen LogP contribution is -2.06. The molecule has 0 aliphatic carbocycles. The van der Waals surface area contributed by atoms with Gasteiger partial charge in [-0.2, -0.15) is 10.4 Å². The summed E-state index contributed by atoms with van der Waals surface area (Å²) in [5.74, 6) is 0.186. The summed E-state index contributed by atoms with van der Waals surface area (Å²) < 4.78 is 14.9. The number of benzene rings is 1. The van der Waals surface area contributed by atoms with Crippen molar-refractivity contribution >= 4 is 17.2 Å². The summed E-state index contributed by atoms with van der Waals surface area (Å²) in [4.78, 5) is 0. The first kappa shape index (κ1) is 13.9. The van der Waals surface area contributed by atoms with E-state index in [2.05, 4.69) is 10.4 Å². The second-order valence-electron chi connectivity index (χ2n) is 4.50. The highest BCUT2D eigenvalue weighted by molar-refractivity contribution is 5.74. The average Bonchev–Trinajstić information content (AvgIpc) is 2.69. The van der Waals surface area contributed by atoms with Gasteiger partial charge in [0.15, 0.2) is 5.82 Å². The van der Waals surface area contributed by atoms with Crippen LogP contribution in [0.1, 0.15) is 24.6 Å². The highest BCUT2D eigenvalue weighted by atomic mass is 19.1.